The average Bonchev–Trinajstić information content (AvgIpc) is 0.736. The zero-order chi connectivity index (χ0) is 66.0. The number of aryl methyl sites for hydroxylation is 3. The molecule has 0 saturated carbocycles. The summed E-state index contributed by atoms with van der Waals surface area (Å²) in [5.41, 5.74) is 8.04. The molecule has 6 aromatic rings. The van der Waals surface area contributed by atoms with Gasteiger partial charge in [-0.1, -0.05) is 42.0 Å². The maximum atomic E-state index is 15.2. The number of para-hydroxylation sites is 2. The lowest BCUT2D eigenvalue weighted by Crippen LogP contribution is -2.54. The van der Waals surface area contributed by atoms with Crippen molar-refractivity contribution in [2.45, 2.75) is 69.2 Å². The van der Waals surface area contributed by atoms with Gasteiger partial charge in [-0.15, -0.1) is 0 Å². The molecule has 1 saturated heterocycles. The second-order valence-corrected chi connectivity index (χ2v) is 27.4. The number of rotatable bonds is 38. The van der Waals surface area contributed by atoms with E-state index in [1.807, 2.05) is 18.4 Å². The first-order chi connectivity index (χ1) is 44.1. The van der Waals surface area contributed by atoms with Crippen molar-refractivity contribution in [1.82, 2.24) is 18.4 Å². The molecule has 3 N–H and O–H groups in total. The minimum absolute atomic E-state index is 0.00675. The Bertz CT molecular complexity index is 3900. The predicted molar refractivity (Wildman–Crippen MR) is 341 cm³/mol. The topological polar surface area (TPSA) is 315 Å². The van der Waals surface area contributed by atoms with E-state index >= 15 is 4.79 Å². The molecule has 0 aliphatic carbocycles. The van der Waals surface area contributed by atoms with Gasteiger partial charge in [0.25, 0.3) is 37.9 Å². The Morgan fingerprint density at radius 2 is 1.10 bits per heavy atom. The van der Waals surface area contributed by atoms with Crippen LogP contribution in [0.15, 0.2) is 101 Å². The average molecular weight is 1330 g/mol. The number of pyridine rings is 1. The Balaban J connectivity index is 0.824. The molecule has 1 aromatic heterocycles. The highest BCUT2D eigenvalue weighted by molar-refractivity contribution is 7.89. The lowest BCUT2D eigenvalue weighted by molar-refractivity contribution is -0.645. The van der Waals surface area contributed by atoms with Crippen LogP contribution in [0.3, 0.4) is 0 Å². The minimum atomic E-state index is -4.90. The van der Waals surface area contributed by atoms with E-state index in [0.717, 1.165) is 15.9 Å². The van der Waals surface area contributed by atoms with Crippen LogP contribution < -0.4 is 10.3 Å². The first kappa shape index (κ1) is 70.9. The zero-order valence-electron chi connectivity index (χ0n) is 52.1. The summed E-state index contributed by atoms with van der Waals surface area (Å²) in [6.45, 7) is 10.5. The highest BCUT2D eigenvalue weighted by Gasteiger charge is 2.39. The van der Waals surface area contributed by atoms with Gasteiger partial charge in [-0.3, -0.25) is 33.4 Å². The number of carbonyl (C=O) groups excluding carboxylic acids is 5. The molecule has 5 aromatic carbocycles. The molecule has 3 heterocycles. The first-order valence-corrected chi connectivity index (χ1v) is 35.1. The van der Waals surface area contributed by atoms with E-state index in [1.54, 1.807) is 67.6 Å². The number of benzene rings is 5. The van der Waals surface area contributed by atoms with Crippen LogP contribution in [0.2, 0.25) is 0 Å². The maximum absolute atomic E-state index is 15.2. The summed E-state index contributed by atoms with van der Waals surface area (Å²) in [5, 5.41) is 1.00. The van der Waals surface area contributed by atoms with E-state index in [0.29, 0.717) is 131 Å². The van der Waals surface area contributed by atoms with Crippen LogP contribution in [0.25, 0.3) is 32.6 Å². The molecule has 28 heteroatoms. The first-order valence-electron chi connectivity index (χ1n) is 30.6. The minimum Gasteiger partial charge on any atom is -0.397 e. The van der Waals surface area contributed by atoms with Gasteiger partial charge in [0, 0.05) is 93.7 Å². The summed E-state index contributed by atoms with van der Waals surface area (Å²) < 4.78 is 134. The van der Waals surface area contributed by atoms with Gasteiger partial charge in [0.15, 0.2) is 6.54 Å². The smallest absolute Gasteiger partial charge is 0.296 e. The Labute approximate surface area is 536 Å². The lowest BCUT2D eigenvalue weighted by Gasteiger charge is -2.35. The number of hydrogen-bond donors (Lipinski definition) is 2. The summed E-state index contributed by atoms with van der Waals surface area (Å²) >= 11 is 0. The van der Waals surface area contributed by atoms with Crippen molar-refractivity contribution in [3.63, 3.8) is 0 Å². The molecule has 0 spiro atoms. The van der Waals surface area contributed by atoms with Crippen molar-refractivity contribution in [3.05, 3.63) is 119 Å². The molecule has 2 aliphatic rings. The normalized spacial score (nSPS) is 14.1. The molecule has 0 unspecified atom stereocenters. The molecule has 0 radical (unpaired) electrons. The number of Topliss-reactive ketones (excluding diaryl/α,β-unsaturated/α-hetero) is 1. The Morgan fingerprint density at radius 1 is 0.598 bits per heavy atom. The second kappa shape index (κ2) is 33.3. The van der Waals surface area contributed by atoms with E-state index in [2.05, 4.69) is 0 Å². The van der Waals surface area contributed by atoms with E-state index in [-0.39, 0.29) is 115 Å². The number of fused-ring (bicyclic) bond motifs is 2. The third-order valence-electron chi connectivity index (χ3n) is 15.6. The Morgan fingerprint density at radius 3 is 1.63 bits per heavy atom. The predicted octanol–water partition coefficient (Wildman–Crippen LogP) is 5.14. The van der Waals surface area contributed by atoms with Crippen molar-refractivity contribution < 1.29 is 91.5 Å². The summed E-state index contributed by atoms with van der Waals surface area (Å²) in [4.78, 5) is 71.0. The largest absolute Gasteiger partial charge is 0.397 e. The molecule has 1 fully saturated rings. The molecule has 498 valence electrons. The molecule has 8 rings (SSSR count). The third kappa shape index (κ3) is 18.0. The number of hydrogen-bond acceptors (Lipinski definition) is 19. The molecule has 2 aliphatic heterocycles. The summed E-state index contributed by atoms with van der Waals surface area (Å²) in [7, 11) is -13.3. The number of piperazine rings is 1. The standard InChI is InChI=1S/C64H80N6O19S3/c1-4-83-29-30-85-33-34-87-37-38-89-40-39-88-36-35-86-32-31-84-28-10-13-48(71)12-9-23-70(91(78,79)49-20-18-46(2)19-21-49)64(75)60-50-14-5-7-16-55(50)68(56-17-8-6-15-51(56)60)22-11-41-90(76,77)67-26-24-66(25-27-67)58(72)45-69-62(73)53-43-47(3)42-52-59(53)54(63(69)74)44-57(61(52)65)92(80,81)82/h5-8,14-21,42-44H,4,9-13,22-41,45H2,1-3H3,(H2-,65,73,74,80,81,82)/p+1. The van der Waals surface area contributed by atoms with Gasteiger partial charge in [0.1, 0.15) is 17.2 Å². The highest BCUT2D eigenvalue weighted by Crippen LogP contribution is 2.38. The van der Waals surface area contributed by atoms with E-state index in [1.165, 1.54) is 33.5 Å². The number of anilines is 1. The van der Waals surface area contributed by atoms with Crippen LogP contribution in [0, 0.1) is 13.8 Å². The third-order valence-corrected chi connectivity index (χ3v) is 20.3. The fourth-order valence-electron chi connectivity index (χ4n) is 11.0. The van der Waals surface area contributed by atoms with Crippen molar-refractivity contribution >= 4 is 97.8 Å². The van der Waals surface area contributed by atoms with Crippen molar-refractivity contribution in [2.75, 3.05) is 143 Å². The number of nitrogen functional groups attached to an aromatic ring is 1. The van der Waals surface area contributed by atoms with E-state index < -0.39 is 65.2 Å². The summed E-state index contributed by atoms with van der Waals surface area (Å²) in [6.07, 6.45) is 0.784. The Kier molecular flexibility index (Phi) is 25.6. The van der Waals surface area contributed by atoms with Gasteiger partial charge in [0.2, 0.25) is 27.0 Å². The number of carbonyl (C=O) groups is 5. The Hall–Kier alpha value is -6.93. The van der Waals surface area contributed by atoms with E-state index in [9.17, 15) is 49.0 Å². The molecule has 4 amide bonds. The SMILES string of the molecule is CCOCCOCCOCCOCCOCCOCCOCCCC(=O)CCCN(C(=O)c1c2ccccc2[n+](CCCS(=O)(=O)N2CCN(C(=O)CN3C(=O)c4cc(C)cc5c(N)c(S(=O)(=O)O)cc(c45)C3=O)CC2)c2ccccc12)S(=O)(=O)c1ccc(C)cc1. The molecular formula is C64H81N6O19S3+. The monoisotopic (exact) mass is 1330 g/mol. The second-order valence-electron chi connectivity index (χ2n) is 22.1. The van der Waals surface area contributed by atoms with E-state index in [4.69, 9.17) is 38.9 Å². The van der Waals surface area contributed by atoms with Gasteiger partial charge >= 0.3 is 0 Å². The molecule has 92 heavy (non-hydrogen) atoms. The van der Waals surface area contributed by atoms with Crippen molar-refractivity contribution in [1.29, 1.82) is 0 Å². The number of imide groups is 1. The molecule has 0 bridgehead atoms. The quantitative estimate of drug-likeness (QED) is 0.0127. The van der Waals surface area contributed by atoms with Gasteiger partial charge in [-0.25, -0.2) is 21.1 Å². The van der Waals surface area contributed by atoms with Gasteiger partial charge in [-0.05, 0) is 81.6 Å². The van der Waals surface area contributed by atoms with Crippen LogP contribution in [-0.4, -0.2) is 215 Å². The molecule has 25 nitrogen and oxygen atoms in total. The van der Waals surface area contributed by atoms with Crippen LogP contribution in [-0.2, 0) is 79.5 Å². The van der Waals surface area contributed by atoms with Crippen molar-refractivity contribution in [3.8, 4) is 0 Å². The summed E-state index contributed by atoms with van der Waals surface area (Å²) in [5.74, 6) is -3.66. The zero-order valence-corrected chi connectivity index (χ0v) is 54.5. The van der Waals surface area contributed by atoms with Crippen LogP contribution in [0.5, 0.6) is 0 Å². The van der Waals surface area contributed by atoms with Crippen molar-refractivity contribution in [2.24, 2.45) is 0 Å². The fraction of sp³-hybridized carbons (Fsp3) is 0.469. The molecular weight excluding hydrogens is 1250 g/mol. The lowest BCUT2D eigenvalue weighted by atomic mass is 9.91. The van der Waals surface area contributed by atoms with Gasteiger partial charge < -0.3 is 43.8 Å². The number of ketones is 1. The van der Waals surface area contributed by atoms with Gasteiger partial charge in [-0.2, -0.15) is 17.3 Å². The number of ether oxygens (including phenoxy) is 7. The van der Waals surface area contributed by atoms with Crippen LogP contribution >= 0.6 is 0 Å². The van der Waals surface area contributed by atoms with Crippen LogP contribution in [0.1, 0.15) is 81.2 Å². The van der Waals surface area contributed by atoms with Gasteiger partial charge in [0.05, 0.1) is 118 Å². The number of nitrogens with zero attached hydrogens (tertiary/aromatic N) is 5. The fourth-order valence-corrected chi connectivity index (χ4v) is 14.6. The summed E-state index contributed by atoms with van der Waals surface area (Å²) in [6, 6.07) is 24.0. The highest BCUT2D eigenvalue weighted by atomic mass is 32.2. The van der Waals surface area contributed by atoms with Crippen LogP contribution in [0.4, 0.5) is 5.69 Å². The number of aromatic nitrogens is 1. The maximum Gasteiger partial charge on any atom is 0.296 e. The number of amides is 4. The molecule has 0 atom stereocenters. The number of sulfonamides is 2. The number of nitrogens with two attached hydrogens (primary N) is 1.